The van der Waals surface area contributed by atoms with Crippen LogP contribution in [0.5, 0.6) is 0 Å². The first-order chi connectivity index (χ1) is 17.6. The number of benzene rings is 4. The van der Waals surface area contributed by atoms with Crippen molar-refractivity contribution in [1.82, 2.24) is 4.57 Å². The van der Waals surface area contributed by atoms with E-state index < -0.39 is 6.10 Å². The molecule has 0 aliphatic heterocycles. The third kappa shape index (κ3) is 4.97. The summed E-state index contributed by atoms with van der Waals surface area (Å²) in [4.78, 5) is 11.5. The number of rotatable bonds is 8. The predicted molar refractivity (Wildman–Crippen MR) is 148 cm³/mol. The molecule has 5 rings (SSSR count). The van der Waals surface area contributed by atoms with Crippen molar-refractivity contribution in [3.8, 4) is 0 Å². The van der Waals surface area contributed by atoms with Gasteiger partial charge in [0.2, 0.25) is 0 Å². The van der Waals surface area contributed by atoms with Crippen molar-refractivity contribution in [3.63, 3.8) is 0 Å². The molecule has 0 fully saturated rings. The maximum absolute atomic E-state index is 11.5. The van der Waals surface area contributed by atoms with Gasteiger partial charge in [-0.1, -0.05) is 60.7 Å². The van der Waals surface area contributed by atoms with Crippen LogP contribution in [-0.4, -0.2) is 28.7 Å². The number of anilines is 2. The van der Waals surface area contributed by atoms with Crippen LogP contribution in [0.25, 0.3) is 21.8 Å². The maximum atomic E-state index is 11.5. The SMILES string of the molecule is CC(=O)OC(CCl)Cn1c2ccccc2c2cc(/C=N/N(c3ccccc3)c3ccccc3)ccc21. The third-order valence-corrected chi connectivity index (χ3v) is 6.36. The van der Waals surface area contributed by atoms with Crippen molar-refractivity contribution in [1.29, 1.82) is 0 Å². The van der Waals surface area contributed by atoms with Gasteiger partial charge in [-0.3, -0.25) is 4.79 Å². The van der Waals surface area contributed by atoms with E-state index in [1.54, 1.807) is 0 Å². The van der Waals surface area contributed by atoms with Gasteiger partial charge in [0, 0.05) is 28.7 Å². The molecular formula is C30H26ClN3O2. The Morgan fingerprint density at radius 1 is 0.889 bits per heavy atom. The molecule has 1 aromatic heterocycles. The van der Waals surface area contributed by atoms with E-state index in [-0.39, 0.29) is 11.8 Å². The molecule has 0 saturated carbocycles. The summed E-state index contributed by atoms with van der Waals surface area (Å²) in [6, 6.07) is 34.7. The molecule has 1 atom stereocenters. The minimum absolute atomic E-state index is 0.229. The minimum atomic E-state index is -0.408. The van der Waals surface area contributed by atoms with E-state index in [1.165, 1.54) is 6.92 Å². The minimum Gasteiger partial charge on any atom is -0.459 e. The molecule has 1 unspecified atom stereocenters. The largest absolute Gasteiger partial charge is 0.459 e. The van der Waals surface area contributed by atoms with E-state index >= 15 is 0 Å². The number of hydrazone groups is 1. The number of fused-ring (bicyclic) bond motifs is 3. The average Bonchev–Trinajstić information content (AvgIpc) is 3.22. The molecule has 0 aliphatic carbocycles. The Balaban J connectivity index is 1.54. The van der Waals surface area contributed by atoms with Gasteiger partial charge in [-0.25, -0.2) is 5.01 Å². The number of carbonyl (C=O) groups is 1. The Hall–Kier alpha value is -4.09. The normalized spacial score (nSPS) is 12.3. The third-order valence-electron chi connectivity index (χ3n) is 6.01. The summed E-state index contributed by atoms with van der Waals surface area (Å²) in [5.74, 6) is -0.103. The van der Waals surface area contributed by atoms with Gasteiger partial charge in [-0.05, 0) is 48.0 Å². The Bertz CT molecular complexity index is 1470. The molecule has 0 spiro atoms. The summed E-state index contributed by atoms with van der Waals surface area (Å²) in [7, 11) is 0. The van der Waals surface area contributed by atoms with Crippen molar-refractivity contribution in [2.75, 3.05) is 10.9 Å². The number of alkyl halides is 1. The van der Waals surface area contributed by atoms with Crippen LogP contribution in [0.15, 0.2) is 108 Å². The molecule has 0 N–H and O–H groups in total. The number of ether oxygens (including phenoxy) is 1. The number of hydrogen-bond donors (Lipinski definition) is 0. The van der Waals surface area contributed by atoms with Gasteiger partial charge < -0.3 is 9.30 Å². The second kappa shape index (κ2) is 10.7. The number of aromatic nitrogens is 1. The van der Waals surface area contributed by atoms with Crippen LogP contribution in [0.1, 0.15) is 12.5 Å². The standard InChI is InChI=1S/C30H26ClN3O2/c1-22(35)36-26(19-31)21-33-29-15-9-8-14-27(29)28-18-23(16-17-30(28)33)20-32-34(24-10-4-2-5-11-24)25-12-6-3-7-13-25/h2-18,20,26H,19,21H2,1H3/b32-20+. The zero-order chi connectivity index (χ0) is 24.9. The average molecular weight is 496 g/mol. The van der Waals surface area contributed by atoms with Crippen LogP contribution in [0.4, 0.5) is 11.4 Å². The molecule has 180 valence electrons. The number of carbonyl (C=O) groups excluding carboxylic acids is 1. The fourth-order valence-electron chi connectivity index (χ4n) is 4.45. The monoisotopic (exact) mass is 495 g/mol. The van der Waals surface area contributed by atoms with E-state index in [4.69, 9.17) is 21.4 Å². The lowest BCUT2D eigenvalue weighted by Gasteiger charge is -2.19. The Kier molecular flexibility index (Phi) is 7.01. The zero-order valence-corrected chi connectivity index (χ0v) is 20.7. The van der Waals surface area contributed by atoms with E-state index in [9.17, 15) is 4.79 Å². The molecule has 0 aliphatic rings. The molecule has 0 amide bonds. The molecular weight excluding hydrogens is 470 g/mol. The molecule has 0 bridgehead atoms. The molecule has 36 heavy (non-hydrogen) atoms. The van der Waals surface area contributed by atoms with E-state index in [2.05, 4.69) is 34.9 Å². The smallest absolute Gasteiger partial charge is 0.303 e. The van der Waals surface area contributed by atoms with E-state index in [0.717, 1.165) is 38.7 Å². The van der Waals surface area contributed by atoms with Gasteiger partial charge in [0.1, 0.15) is 6.10 Å². The molecule has 5 aromatic rings. The van der Waals surface area contributed by atoms with Crippen molar-refractivity contribution >= 4 is 57.0 Å². The Morgan fingerprint density at radius 2 is 1.50 bits per heavy atom. The second-order valence-electron chi connectivity index (χ2n) is 8.52. The van der Waals surface area contributed by atoms with Gasteiger partial charge in [-0.2, -0.15) is 5.10 Å². The maximum Gasteiger partial charge on any atom is 0.303 e. The number of hydrogen-bond acceptors (Lipinski definition) is 4. The van der Waals surface area contributed by atoms with Gasteiger partial charge in [0.25, 0.3) is 0 Å². The van der Waals surface area contributed by atoms with Crippen molar-refractivity contribution in [2.45, 2.75) is 19.6 Å². The van der Waals surface area contributed by atoms with Crippen LogP contribution < -0.4 is 5.01 Å². The summed E-state index contributed by atoms with van der Waals surface area (Å²) >= 11 is 6.12. The Morgan fingerprint density at radius 3 is 2.14 bits per heavy atom. The fourth-order valence-corrected chi connectivity index (χ4v) is 4.61. The van der Waals surface area contributed by atoms with E-state index in [0.29, 0.717) is 6.54 Å². The number of para-hydroxylation sites is 3. The summed E-state index contributed by atoms with van der Waals surface area (Å²) in [5.41, 5.74) is 5.07. The predicted octanol–water partition coefficient (Wildman–Crippen LogP) is 7.14. The lowest BCUT2D eigenvalue weighted by molar-refractivity contribution is -0.145. The first-order valence-corrected chi connectivity index (χ1v) is 12.4. The van der Waals surface area contributed by atoms with Gasteiger partial charge in [-0.15, -0.1) is 11.6 Å². The summed E-state index contributed by atoms with van der Waals surface area (Å²) in [5, 5.41) is 9.01. The lowest BCUT2D eigenvalue weighted by atomic mass is 10.1. The molecule has 1 heterocycles. The highest BCUT2D eigenvalue weighted by Gasteiger charge is 2.17. The van der Waals surface area contributed by atoms with Crippen molar-refractivity contribution < 1.29 is 9.53 Å². The quantitative estimate of drug-likeness (QED) is 0.0994. The van der Waals surface area contributed by atoms with Gasteiger partial charge >= 0.3 is 5.97 Å². The summed E-state index contributed by atoms with van der Waals surface area (Å²) in [6.07, 6.45) is 1.47. The van der Waals surface area contributed by atoms with Crippen LogP contribution in [0.2, 0.25) is 0 Å². The first-order valence-electron chi connectivity index (χ1n) is 11.8. The van der Waals surface area contributed by atoms with E-state index in [1.807, 2.05) is 84.0 Å². The van der Waals surface area contributed by atoms with Gasteiger partial charge in [0.15, 0.2) is 0 Å². The summed E-state index contributed by atoms with van der Waals surface area (Å²) in [6.45, 7) is 1.89. The van der Waals surface area contributed by atoms with Crippen LogP contribution in [0, 0.1) is 0 Å². The second-order valence-corrected chi connectivity index (χ2v) is 8.83. The highest BCUT2D eigenvalue weighted by Crippen LogP contribution is 2.31. The summed E-state index contributed by atoms with van der Waals surface area (Å²) < 4.78 is 7.59. The lowest BCUT2D eigenvalue weighted by Crippen LogP contribution is -2.24. The van der Waals surface area contributed by atoms with Crippen molar-refractivity contribution in [2.24, 2.45) is 5.10 Å². The molecule has 4 aromatic carbocycles. The van der Waals surface area contributed by atoms with Crippen LogP contribution >= 0.6 is 11.6 Å². The van der Waals surface area contributed by atoms with Crippen molar-refractivity contribution in [3.05, 3.63) is 109 Å². The highest BCUT2D eigenvalue weighted by atomic mass is 35.5. The Labute approximate surface area is 215 Å². The van der Waals surface area contributed by atoms with Crippen LogP contribution in [-0.2, 0) is 16.1 Å². The zero-order valence-electron chi connectivity index (χ0n) is 19.9. The highest BCUT2D eigenvalue weighted by molar-refractivity contribution is 6.18. The fraction of sp³-hybridized carbons (Fsp3) is 0.133. The molecule has 0 radical (unpaired) electrons. The first kappa shape index (κ1) is 23.6. The number of nitrogens with zero attached hydrogens (tertiary/aromatic N) is 3. The number of halogens is 1. The topological polar surface area (TPSA) is 46.8 Å². The molecule has 6 heteroatoms. The molecule has 0 saturated heterocycles. The van der Waals surface area contributed by atoms with Gasteiger partial charge in [0.05, 0.1) is 30.0 Å². The molecule has 5 nitrogen and oxygen atoms in total. The van der Waals surface area contributed by atoms with Crippen LogP contribution in [0.3, 0.4) is 0 Å². The number of esters is 1.